The van der Waals surface area contributed by atoms with Gasteiger partial charge in [-0.25, -0.2) is 4.98 Å². The molecule has 0 spiro atoms. The maximum absolute atomic E-state index is 12.5. The Morgan fingerprint density at radius 3 is 2.54 bits per heavy atom. The number of hydrogen-bond acceptors (Lipinski definition) is 3. The zero-order valence-electron chi connectivity index (χ0n) is 15.1. The second-order valence-corrected chi connectivity index (χ2v) is 7.90. The summed E-state index contributed by atoms with van der Waals surface area (Å²) >= 11 is 7.70. The van der Waals surface area contributed by atoms with Crippen LogP contribution < -0.4 is 5.32 Å². The molecule has 1 N–H and O–H groups in total. The molecule has 3 nitrogen and oxygen atoms in total. The molecular weight excluding hydrogens is 364 g/mol. The molecule has 0 fully saturated rings. The Morgan fingerprint density at radius 1 is 1.15 bits per heavy atom. The fourth-order valence-electron chi connectivity index (χ4n) is 2.74. The number of rotatable bonds is 5. The number of anilines is 1. The summed E-state index contributed by atoms with van der Waals surface area (Å²) < 4.78 is 0. The molecule has 0 saturated heterocycles. The van der Waals surface area contributed by atoms with Crippen LogP contribution in [0.15, 0.2) is 42.5 Å². The van der Waals surface area contributed by atoms with Gasteiger partial charge in [-0.2, -0.15) is 0 Å². The summed E-state index contributed by atoms with van der Waals surface area (Å²) in [6.07, 6.45) is 2.12. The molecule has 134 valence electrons. The minimum absolute atomic E-state index is 0.143. The Kier molecular flexibility index (Phi) is 5.74. The van der Waals surface area contributed by atoms with Gasteiger partial charge in [0.2, 0.25) is 0 Å². The number of amides is 1. The smallest absolute Gasteiger partial charge is 0.257 e. The van der Waals surface area contributed by atoms with E-state index < -0.39 is 0 Å². The zero-order valence-corrected chi connectivity index (χ0v) is 16.7. The van der Waals surface area contributed by atoms with E-state index in [9.17, 15) is 4.79 Å². The average Bonchev–Trinajstić information content (AvgIpc) is 2.98. The van der Waals surface area contributed by atoms with Crippen molar-refractivity contribution in [3.8, 4) is 11.3 Å². The van der Waals surface area contributed by atoms with Crippen LogP contribution in [0.25, 0.3) is 11.3 Å². The number of carbonyl (C=O) groups is 1. The molecule has 1 amide bonds. The van der Waals surface area contributed by atoms with Crippen LogP contribution in [-0.2, 0) is 6.42 Å². The number of thiazole rings is 1. The molecule has 3 rings (SSSR count). The van der Waals surface area contributed by atoms with Gasteiger partial charge in [-0.05, 0) is 49.6 Å². The SMILES string of the molecule is CCCc1ccc(C(=O)Nc2nc(-c3ccc(C)c(Cl)c3)c(C)s2)cc1. The van der Waals surface area contributed by atoms with Crippen molar-refractivity contribution in [3.05, 3.63) is 69.1 Å². The van der Waals surface area contributed by atoms with E-state index in [1.165, 1.54) is 16.9 Å². The lowest BCUT2D eigenvalue weighted by Crippen LogP contribution is -2.11. The Morgan fingerprint density at radius 2 is 1.88 bits per heavy atom. The Balaban J connectivity index is 1.78. The van der Waals surface area contributed by atoms with Crippen LogP contribution >= 0.6 is 22.9 Å². The van der Waals surface area contributed by atoms with Gasteiger partial charge in [-0.3, -0.25) is 10.1 Å². The Bertz CT molecular complexity index is 932. The summed E-state index contributed by atoms with van der Waals surface area (Å²) in [4.78, 5) is 18.1. The van der Waals surface area contributed by atoms with Crippen molar-refractivity contribution in [2.45, 2.75) is 33.6 Å². The van der Waals surface area contributed by atoms with Gasteiger partial charge < -0.3 is 0 Å². The minimum Gasteiger partial charge on any atom is -0.298 e. The molecule has 0 aliphatic carbocycles. The third-order valence-corrected chi connectivity index (χ3v) is 5.51. The van der Waals surface area contributed by atoms with E-state index in [4.69, 9.17) is 11.6 Å². The van der Waals surface area contributed by atoms with Gasteiger partial charge in [-0.15, -0.1) is 11.3 Å². The van der Waals surface area contributed by atoms with Crippen LogP contribution in [0.1, 0.15) is 39.7 Å². The predicted molar refractivity (Wildman–Crippen MR) is 110 cm³/mol. The van der Waals surface area contributed by atoms with Crippen LogP contribution in [0.5, 0.6) is 0 Å². The molecular formula is C21H21ClN2OS. The van der Waals surface area contributed by atoms with Crippen molar-refractivity contribution in [2.75, 3.05) is 5.32 Å². The van der Waals surface area contributed by atoms with E-state index in [0.717, 1.165) is 34.5 Å². The molecule has 1 aromatic heterocycles. The standard InChI is InChI=1S/C21H21ClN2OS/c1-4-5-15-7-10-16(11-8-15)20(25)24-21-23-19(14(3)26-21)17-9-6-13(2)18(22)12-17/h6-12H,4-5H2,1-3H3,(H,23,24,25). The quantitative estimate of drug-likeness (QED) is 0.562. The van der Waals surface area contributed by atoms with E-state index in [1.807, 2.05) is 56.3 Å². The molecule has 0 radical (unpaired) electrons. The summed E-state index contributed by atoms with van der Waals surface area (Å²) in [7, 11) is 0. The fraction of sp³-hybridized carbons (Fsp3) is 0.238. The molecule has 0 unspecified atom stereocenters. The van der Waals surface area contributed by atoms with Gasteiger partial charge in [0.05, 0.1) is 5.69 Å². The second kappa shape index (κ2) is 8.02. The van der Waals surface area contributed by atoms with E-state index >= 15 is 0 Å². The van der Waals surface area contributed by atoms with Gasteiger partial charge in [0.15, 0.2) is 5.13 Å². The number of carbonyl (C=O) groups excluding carboxylic acids is 1. The molecule has 0 saturated carbocycles. The van der Waals surface area contributed by atoms with Gasteiger partial charge in [0.1, 0.15) is 0 Å². The first-order chi connectivity index (χ1) is 12.5. The molecule has 0 aliphatic rings. The highest BCUT2D eigenvalue weighted by atomic mass is 35.5. The van der Waals surface area contributed by atoms with E-state index in [1.54, 1.807) is 0 Å². The largest absolute Gasteiger partial charge is 0.298 e. The molecule has 0 aliphatic heterocycles. The highest BCUT2D eigenvalue weighted by molar-refractivity contribution is 7.16. The maximum Gasteiger partial charge on any atom is 0.257 e. The summed E-state index contributed by atoms with van der Waals surface area (Å²) in [5.74, 6) is -0.143. The molecule has 5 heteroatoms. The van der Waals surface area contributed by atoms with Crippen LogP contribution in [-0.4, -0.2) is 10.9 Å². The van der Waals surface area contributed by atoms with Crippen molar-refractivity contribution in [3.63, 3.8) is 0 Å². The van der Waals surface area contributed by atoms with Crippen LogP contribution in [0.3, 0.4) is 0 Å². The third kappa shape index (κ3) is 4.14. The maximum atomic E-state index is 12.5. The fourth-order valence-corrected chi connectivity index (χ4v) is 3.75. The van der Waals surface area contributed by atoms with E-state index in [-0.39, 0.29) is 5.91 Å². The van der Waals surface area contributed by atoms with Gasteiger partial charge in [-0.1, -0.05) is 49.2 Å². The highest BCUT2D eigenvalue weighted by Crippen LogP contribution is 2.32. The van der Waals surface area contributed by atoms with E-state index in [0.29, 0.717) is 15.7 Å². The summed E-state index contributed by atoms with van der Waals surface area (Å²) in [6.45, 7) is 6.11. The summed E-state index contributed by atoms with van der Waals surface area (Å²) in [6, 6.07) is 13.6. The number of aryl methyl sites for hydroxylation is 3. The van der Waals surface area contributed by atoms with Crippen LogP contribution in [0, 0.1) is 13.8 Å². The lowest BCUT2D eigenvalue weighted by atomic mass is 10.1. The van der Waals surface area contributed by atoms with E-state index in [2.05, 4.69) is 17.2 Å². The molecule has 2 aromatic carbocycles. The van der Waals surface area contributed by atoms with Crippen molar-refractivity contribution in [2.24, 2.45) is 0 Å². The van der Waals surface area contributed by atoms with Gasteiger partial charge >= 0.3 is 0 Å². The zero-order chi connectivity index (χ0) is 18.7. The van der Waals surface area contributed by atoms with Crippen molar-refractivity contribution in [1.29, 1.82) is 0 Å². The lowest BCUT2D eigenvalue weighted by Gasteiger charge is -2.04. The van der Waals surface area contributed by atoms with Crippen LogP contribution in [0.2, 0.25) is 5.02 Å². The van der Waals surface area contributed by atoms with Crippen LogP contribution in [0.4, 0.5) is 5.13 Å². The number of nitrogens with zero attached hydrogens (tertiary/aromatic N) is 1. The van der Waals surface area contributed by atoms with Gasteiger partial charge in [0.25, 0.3) is 5.91 Å². The molecule has 26 heavy (non-hydrogen) atoms. The Labute approximate surface area is 163 Å². The average molecular weight is 385 g/mol. The number of aromatic nitrogens is 1. The third-order valence-electron chi connectivity index (χ3n) is 4.22. The summed E-state index contributed by atoms with van der Waals surface area (Å²) in [5.41, 5.74) is 4.72. The number of halogens is 1. The Hall–Kier alpha value is -2.17. The molecule has 3 aromatic rings. The lowest BCUT2D eigenvalue weighted by molar-refractivity contribution is 0.102. The van der Waals surface area contributed by atoms with Crippen molar-refractivity contribution < 1.29 is 4.79 Å². The topological polar surface area (TPSA) is 42.0 Å². The minimum atomic E-state index is -0.143. The molecule has 0 bridgehead atoms. The monoisotopic (exact) mass is 384 g/mol. The number of nitrogens with one attached hydrogen (secondary N) is 1. The first-order valence-electron chi connectivity index (χ1n) is 8.62. The second-order valence-electron chi connectivity index (χ2n) is 6.29. The molecule has 1 heterocycles. The van der Waals surface area contributed by atoms with Crippen molar-refractivity contribution >= 4 is 34.0 Å². The highest BCUT2D eigenvalue weighted by Gasteiger charge is 2.14. The first-order valence-corrected chi connectivity index (χ1v) is 9.81. The van der Waals surface area contributed by atoms with Gasteiger partial charge in [0, 0.05) is 21.0 Å². The summed E-state index contributed by atoms with van der Waals surface area (Å²) in [5, 5.41) is 4.21. The predicted octanol–water partition coefficient (Wildman–Crippen LogP) is 6.29. The normalized spacial score (nSPS) is 10.8. The first kappa shape index (κ1) is 18.6. The number of hydrogen-bond donors (Lipinski definition) is 1. The molecule has 0 atom stereocenters. The van der Waals surface area contributed by atoms with Crippen molar-refractivity contribution in [1.82, 2.24) is 4.98 Å². The number of benzene rings is 2.